The van der Waals surface area contributed by atoms with Crippen molar-refractivity contribution >= 4 is 6.09 Å². The van der Waals surface area contributed by atoms with Crippen LogP contribution in [0.4, 0.5) is 4.79 Å². The summed E-state index contributed by atoms with van der Waals surface area (Å²) in [7, 11) is 0. The minimum absolute atomic E-state index is 0.346. The molecule has 0 atom stereocenters. The van der Waals surface area contributed by atoms with Crippen LogP contribution >= 0.6 is 0 Å². The van der Waals surface area contributed by atoms with Gasteiger partial charge in [0.15, 0.2) is 5.66 Å². The highest BCUT2D eigenvalue weighted by atomic mass is 16.6. The Morgan fingerprint density at radius 2 is 2.06 bits per heavy atom. The van der Waals surface area contributed by atoms with Gasteiger partial charge in [0, 0.05) is 25.8 Å². The fourth-order valence-electron chi connectivity index (χ4n) is 1.35. The summed E-state index contributed by atoms with van der Waals surface area (Å²) in [6, 6.07) is 0. The van der Waals surface area contributed by atoms with E-state index >= 15 is 0 Å². The summed E-state index contributed by atoms with van der Waals surface area (Å²) in [6.07, 6.45) is 6.85. The lowest BCUT2D eigenvalue weighted by Crippen LogP contribution is -2.34. The Balaban J connectivity index is 2.16. The first-order chi connectivity index (χ1) is 7.87. The first kappa shape index (κ1) is 13.5. The lowest BCUT2D eigenvalue weighted by atomic mass is 10.0. The van der Waals surface area contributed by atoms with Crippen molar-refractivity contribution in [3.05, 3.63) is 0 Å². The first-order valence-corrected chi connectivity index (χ1v) is 5.71. The SMILES string of the molecule is C#CCCC1(CCNC(=O)OC(C)(C)C)N=N1. The molecule has 0 saturated heterocycles. The van der Waals surface area contributed by atoms with E-state index in [1.807, 2.05) is 20.8 Å². The summed E-state index contributed by atoms with van der Waals surface area (Å²) in [5.41, 5.74) is -0.818. The highest BCUT2D eigenvalue weighted by Crippen LogP contribution is 2.35. The van der Waals surface area contributed by atoms with Crippen molar-refractivity contribution in [1.82, 2.24) is 5.32 Å². The lowest BCUT2D eigenvalue weighted by Gasteiger charge is -2.20. The van der Waals surface area contributed by atoms with E-state index in [1.54, 1.807) is 0 Å². The Kier molecular flexibility index (Phi) is 4.11. The van der Waals surface area contributed by atoms with Gasteiger partial charge in [-0.2, -0.15) is 10.2 Å². The lowest BCUT2D eigenvalue weighted by molar-refractivity contribution is 0.0525. The van der Waals surface area contributed by atoms with Gasteiger partial charge in [-0.3, -0.25) is 0 Å². The number of amides is 1. The number of nitrogens with zero attached hydrogens (tertiary/aromatic N) is 2. The summed E-state index contributed by atoms with van der Waals surface area (Å²) >= 11 is 0. The average Bonchev–Trinajstić information content (AvgIpc) is 2.93. The van der Waals surface area contributed by atoms with Crippen LogP contribution in [0.2, 0.25) is 0 Å². The number of rotatable bonds is 5. The molecule has 0 aliphatic carbocycles. The monoisotopic (exact) mass is 237 g/mol. The van der Waals surface area contributed by atoms with Crippen molar-refractivity contribution in [3.8, 4) is 12.3 Å². The zero-order chi connectivity index (χ0) is 12.9. The fourth-order valence-corrected chi connectivity index (χ4v) is 1.35. The van der Waals surface area contributed by atoms with Gasteiger partial charge in [-0.05, 0) is 20.8 Å². The number of hydrogen-bond acceptors (Lipinski definition) is 4. The fraction of sp³-hybridized carbons (Fsp3) is 0.750. The molecule has 0 fully saturated rings. The number of alkyl carbamates (subject to hydrolysis) is 1. The van der Waals surface area contributed by atoms with E-state index in [-0.39, 0.29) is 5.66 Å². The molecule has 0 radical (unpaired) electrons. The van der Waals surface area contributed by atoms with E-state index in [2.05, 4.69) is 21.5 Å². The second-order valence-corrected chi connectivity index (χ2v) is 5.07. The van der Waals surface area contributed by atoms with Crippen molar-refractivity contribution in [2.75, 3.05) is 6.54 Å². The quantitative estimate of drug-likeness (QED) is 0.746. The van der Waals surface area contributed by atoms with Gasteiger partial charge in [0.2, 0.25) is 0 Å². The third kappa shape index (κ3) is 5.34. The van der Waals surface area contributed by atoms with Gasteiger partial charge >= 0.3 is 6.09 Å². The molecule has 17 heavy (non-hydrogen) atoms. The molecule has 5 nitrogen and oxygen atoms in total. The van der Waals surface area contributed by atoms with Crippen molar-refractivity contribution in [2.24, 2.45) is 10.2 Å². The highest BCUT2D eigenvalue weighted by Gasteiger charge is 2.38. The van der Waals surface area contributed by atoms with Gasteiger partial charge < -0.3 is 10.1 Å². The molecule has 1 N–H and O–H groups in total. The molecule has 0 aromatic rings. The molecule has 1 rings (SSSR count). The van der Waals surface area contributed by atoms with E-state index in [4.69, 9.17) is 11.2 Å². The number of hydrogen-bond donors (Lipinski definition) is 1. The van der Waals surface area contributed by atoms with Gasteiger partial charge in [0.25, 0.3) is 0 Å². The summed E-state index contributed by atoms with van der Waals surface area (Å²) in [5.74, 6) is 2.56. The number of nitrogens with one attached hydrogen (secondary N) is 1. The third-order valence-corrected chi connectivity index (χ3v) is 2.25. The predicted molar refractivity (Wildman–Crippen MR) is 64.5 cm³/mol. The summed E-state index contributed by atoms with van der Waals surface area (Å²) in [4.78, 5) is 11.4. The van der Waals surface area contributed by atoms with Gasteiger partial charge in [-0.1, -0.05) is 0 Å². The summed E-state index contributed by atoms with van der Waals surface area (Å²) < 4.78 is 5.11. The summed E-state index contributed by atoms with van der Waals surface area (Å²) in [5, 5.41) is 10.6. The van der Waals surface area contributed by atoms with Crippen LogP contribution in [0.5, 0.6) is 0 Å². The van der Waals surface area contributed by atoms with Gasteiger partial charge in [-0.25, -0.2) is 4.79 Å². The van der Waals surface area contributed by atoms with E-state index < -0.39 is 11.7 Å². The number of carbonyl (C=O) groups is 1. The average molecular weight is 237 g/mol. The molecule has 0 aromatic carbocycles. The molecule has 0 spiro atoms. The predicted octanol–water partition coefficient (Wildman–Crippen LogP) is 2.48. The second-order valence-electron chi connectivity index (χ2n) is 5.07. The van der Waals surface area contributed by atoms with E-state index in [1.165, 1.54) is 0 Å². The first-order valence-electron chi connectivity index (χ1n) is 5.71. The maximum Gasteiger partial charge on any atom is 0.407 e. The Morgan fingerprint density at radius 1 is 1.41 bits per heavy atom. The van der Waals surface area contributed by atoms with Crippen LogP contribution in [0, 0.1) is 12.3 Å². The molecule has 5 heteroatoms. The molecule has 0 bridgehead atoms. The normalized spacial score (nSPS) is 16.1. The molecule has 0 unspecified atom stereocenters. The highest BCUT2D eigenvalue weighted by molar-refractivity contribution is 5.67. The summed E-state index contributed by atoms with van der Waals surface area (Å²) in [6.45, 7) is 5.97. The maximum absolute atomic E-state index is 11.4. The van der Waals surface area contributed by atoms with Gasteiger partial charge in [0.05, 0.1) is 0 Å². The van der Waals surface area contributed by atoms with Crippen molar-refractivity contribution in [1.29, 1.82) is 0 Å². The zero-order valence-corrected chi connectivity index (χ0v) is 10.6. The topological polar surface area (TPSA) is 63.0 Å². The molecule has 1 aliphatic heterocycles. The molecule has 1 amide bonds. The van der Waals surface area contributed by atoms with Crippen LogP contribution < -0.4 is 5.32 Å². The second kappa shape index (κ2) is 5.17. The van der Waals surface area contributed by atoms with Crippen LogP contribution in [-0.2, 0) is 4.74 Å². The smallest absolute Gasteiger partial charge is 0.407 e. The molecule has 0 aromatic heterocycles. The Morgan fingerprint density at radius 3 is 2.53 bits per heavy atom. The van der Waals surface area contributed by atoms with E-state index in [0.717, 1.165) is 6.42 Å². The molecular weight excluding hydrogens is 218 g/mol. The number of ether oxygens (including phenoxy) is 1. The van der Waals surface area contributed by atoms with E-state index in [0.29, 0.717) is 19.4 Å². The third-order valence-electron chi connectivity index (χ3n) is 2.25. The van der Waals surface area contributed by atoms with E-state index in [9.17, 15) is 4.79 Å². The van der Waals surface area contributed by atoms with Crippen molar-refractivity contribution in [3.63, 3.8) is 0 Å². The van der Waals surface area contributed by atoms with Crippen LogP contribution in [0.15, 0.2) is 10.2 Å². The molecule has 1 aliphatic rings. The molecule has 1 heterocycles. The van der Waals surface area contributed by atoms with Crippen molar-refractivity contribution < 1.29 is 9.53 Å². The number of carbonyl (C=O) groups excluding carboxylic acids is 1. The Hall–Kier alpha value is -1.57. The largest absolute Gasteiger partial charge is 0.444 e. The molecule has 94 valence electrons. The Bertz CT molecular complexity index is 344. The zero-order valence-electron chi connectivity index (χ0n) is 10.6. The minimum atomic E-state index is -0.473. The minimum Gasteiger partial charge on any atom is -0.444 e. The van der Waals surface area contributed by atoms with Crippen LogP contribution in [-0.4, -0.2) is 23.9 Å². The van der Waals surface area contributed by atoms with Crippen LogP contribution in [0.3, 0.4) is 0 Å². The molecule has 0 saturated carbocycles. The Labute approximate surface area is 102 Å². The van der Waals surface area contributed by atoms with Gasteiger partial charge in [-0.15, -0.1) is 12.3 Å². The number of terminal acetylenes is 1. The van der Waals surface area contributed by atoms with Crippen LogP contribution in [0.1, 0.15) is 40.0 Å². The standard InChI is InChI=1S/C12H19N3O2/c1-5-6-7-12(14-15-12)8-9-13-10(16)17-11(2,3)4/h1H,6-9H2,2-4H3,(H,13,16). The van der Waals surface area contributed by atoms with Crippen LogP contribution in [0.25, 0.3) is 0 Å². The van der Waals surface area contributed by atoms with Gasteiger partial charge in [0.1, 0.15) is 5.60 Å². The molecular formula is C12H19N3O2. The maximum atomic E-state index is 11.4. The van der Waals surface area contributed by atoms with Crippen molar-refractivity contribution in [2.45, 2.75) is 51.3 Å².